The molecule has 0 saturated carbocycles. The zero-order valence-corrected chi connectivity index (χ0v) is 10.8. The van der Waals surface area contributed by atoms with Crippen LogP contribution in [0.1, 0.15) is 24.7 Å². The zero-order chi connectivity index (χ0) is 12.4. The summed E-state index contributed by atoms with van der Waals surface area (Å²) >= 11 is 0. The van der Waals surface area contributed by atoms with Crippen molar-refractivity contribution in [3.8, 4) is 0 Å². The number of likely N-dealkylation sites (N-methyl/N-ethyl adjacent to an activating group) is 2. The fraction of sp³-hybridized carbons (Fsp3) is 0.818. The van der Waals surface area contributed by atoms with Gasteiger partial charge in [0.1, 0.15) is 0 Å². The van der Waals surface area contributed by atoms with Crippen LogP contribution < -0.4 is 5.73 Å². The van der Waals surface area contributed by atoms with Gasteiger partial charge in [-0.15, -0.1) is 0 Å². The first kappa shape index (κ1) is 12.5. The van der Waals surface area contributed by atoms with Crippen LogP contribution in [0, 0.1) is 0 Å². The topological polar surface area (TPSA) is 71.4 Å². The smallest absolute Gasteiger partial charge is 0.243 e. The fourth-order valence-electron chi connectivity index (χ4n) is 2.07. The van der Waals surface area contributed by atoms with Crippen molar-refractivity contribution in [2.45, 2.75) is 25.4 Å². The summed E-state index contributed by atoms with van der Waals surface area (Å²) in [6.45, 7) is 5.08. The molecule has 2 N–H and O–H groups in total. The van der Waals surface area contributed by atoms with E-state index < -0.39 is 0 Å². The van der Waals surface area contributed by atoms with Gasteiger partial charge in [0, 0.05) is 32.1 Å². The van der Waals surface area contributed by atoms with Gasteiger partial charge in [-0.2, -0.15) is 4.98 Å². The van der Waals surface area contributed by atoms with E-state index in [9.17, 15) is 0 Å². The highest BCUT2D eigenvalue weighted by molar-refractivity contribution is 4.94. The molecule has 0 spiro atoms. The summed E-state index contributed by atoms with van der Waals surface area (Å²) in [5.74, 6) is 1.27. The lowest BCUT2D eigenvalue weighted by Crippen LogP contribution is -2.50. The molecule has 1 aromatic rings. The van der Waals surface area contributed by atoms with Crippen molar-refractivity contribution in [1.82, 2.24) is 19.9 Å². The number of nitrogens with zero attached hydrogens (tertiary/aromatic N) is 4. The van der Waals surface area contributed by atoms with Crippen LogP contribution in [-0.4, -0.2) is 59.7 Å². The third kappa shape index (κ3) is 3.02. The Bertz CT molecular complexity index is 364. The largest absolute Gasteiger partial charge is 0.338 e. The molecule has 1 fully saturated rings. The normalized spacial score (nSPS) is 25.1. The standard InChI is InChI=1S/C11H21N5O/c1-8(12)11-13-10(14-17-11)6-9-7-15(2)4-5-16(9)3/h8-9H,4-7,12H2,1-3H3/t8-,9?/m0/s1. The van der Waals surface area contributed by atoms with Gasteiger partial charge in [-0.1, -0.05) is 5.16 Å². The first-order chi connectivity index (χ1) is 8.06. The molecule has 0 aliphatic carbocycles. The molecule has 2 rings (SSSR count). The van der Waals surface area contributed by atoms with E-state index in [0.717, 1.165) is 31.9 Å². The maximum atomic E-state index is 5.69. The van der Waals surface area contributed by atoms with Crippen LogP contribution in [0.3, 0.4) is 0 Å². The van der Waals surface area contributed by atoms with Crippen LogP contribution in [0.15, 0.2) is 4.52 Å². The van der Waals surface area contributed by atoms with E-state index in [1.54, 1.807) is 0 Å². The molecule has 6 heteroatoms. The van der Waals surface area contributed by atoms with Crippen LogP contribution in [0.4, 0.5) is 0 Å². The summed E-state index contributed by atoms with van der Waals surface area (Å²) < 4.78 is 5.11. The Morgan fingerprint density at radius 1 is 1.47 bits per heavy atom. The number of piperazine rings is 1. The summed E-state index contributed by atoms with van der Waals surface area (Å²) in [5, 5.41) is 3.98. The maximum absolute atomic E-state index is 5.69. The molecule has 6 nitrogen and oxygen atoms in total. The van der Waals surface area contributed by atoms with Gasteiger partial charge >= 0.3 is 0 Å². The minimum absolute atomic E-state index is 0.192. The molecule has 1 aliphatic rings. The molecule has 1 unspecified atom stereocenters. The monoisotopic (exact) mass is 239 g/mol. The molecule has 1 saturated heterocycles. The lowest BCUT2D eigenvalue weighted by Gasteiger charge is -2.37. The van der Waals surface area contributed by atoms with Crippen molar-refractivity contribution in [2.75, 3.05) is 33.7 Å². The Hall–Kier alpha value is -0.980. The number of hydrogen-bond acceptors (Lipinski definition) is 6. The zero-order valence-electron chi connectivity index (χ0n) is 10.8. The third-order valence-corrected chi connectivity index (χ3v) is 3.27. The summed E-state index contributed by atoms with van der Waals surface area (Å²) in [5.41, 5.74) is 5.69. The second kappa shape index (κ2) is 5.12. The van der Waals surface area contributed by atoms with Gasteiger partial charge in [-0.25, -0.2) is 0 Å². The van der Waals surface area contributed by atoms with Crippen molar-refractivity contribution in [1.29, 1.82) is 0 Å². The number of hydrogen-bond donors (Lipinski definition) is 1. The summed E-state index contributed by atoms with van der Waals surface area (Å²) in [7, 11) is 4.29. The number of rotatable bonds is 3. The van der Waals surface area contributed by atoms with Gasteiger partial charge in [0.05, 0.1) is 6.04 Å². The lowest BCUT2D eigenvalue weighted by atomic mass is 10.1. The highest BCUT2D eigenvalue weighted by atomic mass is 16.5. The van der Waals surface area contributed by atoms with Gasteiger partial charge in [0.2, 0.25) is 5.89 Å². The van der Waals surface area contributed by atoms with Crippen molar-refractivity contribution in [3.63, 3.8) is 0 Å². The minimum Gasteiger partial charge on any atom is -0.338 e. The molecule has 17 heavy (non-hydrogen) atoms. The highest BCUT2D eigenvalue weighted by Crippen LogP contribution is 2.12. The summed E-state index contributed by atoms with van der Waals surface area (Å²) in [6, 6.07) is 0.260. The maximum Gasteiger partial charge on any atom is 0.243 e. The number of nitrogens with two attached hydrogens (primary N) is 1. The van der Waals surface area contributed by atoms with Crippen LogP contribution >= 0.6 is 0 Å². The molecule has 96 valence electrons. The molecule has 0 radical (unpaired) electrons. The summed E-state index contributed by atoms with van der Waals surface area (Å²) in [4.78, 5) is 9.00. The highest BCUT2D eigenvalue weighted by Gasteiger charge is 2.24. The molecule has 0 bridgehead atoms. The van der Waals surface area contributed by atoms with Gasteiger partial charge in [0.15, 0.2) is 5.82 Å². The Morgan fingerprint density at radius 2 is 2.24 bits per heavy atom. The second-order valence-electron chi connectivity index (χ2n) is 4.94. The molecule has 2 heterocycles. The first-order valence-electron chi connectivity index (χ1n) is 6.03. The third-order valence-electron chi connectivity index (χ3n) is 3.27. The van der Waals surface area contributed by atoms with Gasteiger partial charge < -0.3 is 20.1 Å². The molecule has 1 aromatic heterocycles. The molecular weight excluding hydrogens is 218 g/mol. The van der Waals surface area contributed by atoms with Crippen molar-refractivity contribution >= 4 is 0 Å². The molecular formula is C11H21N5O. The van der Waals surface area contributed by atoms with Crippen molar-refractivity contribution < 1.29 is 4.52 Å². The minimum atomic E-state index is -0.192. The average Bonchev–Trinajstić information content (AvgIpc) is 2.72. The van der Waals surface area contributed by atoms with E-state index >= 15 is 0 Å². The van der Waals surface area contributed by atoms with Crippen LogP contribution in [0.2, 0.25) is 0 Å². The van der Waals surface area contributed by atoms with E-state index in [1.807, 2.05) is 6.92 Å². The predicted molar refractivity (Wildman–Crippen MR) is 64.5 cm³/mol. The van der Waals surface area contributed by atoms with E-state index in [0.29, 0.717) is 11.9 Å². The van der Waals surface area contributed by atoms with Gasteiger partial charge in [0.25, 0.3) is 0 Å². The molecule has 1 aliphatic heterocycles. The quantitative estimate of drug-likeness (QED) is 0.793. The van der Waals surface area contributed by atoms with E-state index in [4.69, 9.17) is 10.3 Å². The van der Waals surface area contributed by atoms with Crippen LogP contribution in [-0.2, 0) is 6.42 Å². The first-order valence-corrected chi connectivity index (χ1v) is 6.03. The van der Waals surface area contributed by atoms with Crippen molar-refractivity contribution in [2.24, 2.45) is 5.73 Å². The molecule has 2 atom stereocenters. The molecule has 0 aromatic carbocycles. The Labute approximate surface area is 102 Å². The van der Waals surface area contributed by atoms with Crippen LogP contribution in [0.25, 0.3) is 0 Å². The fourth-order valence-corrected chi connectivity index (χ4v) is 2.07. The Kier molecular flexibility index (Phi) is 3.76. The Balaban J connectivity index is 1.98. The SMILES string of the molecule is C[C@H](N)c1nc(CC2CN(C)CCN2C)no1. The lowest BCUT2D eigenvalue weighted by molar-refractivity contribution is 0.113. The second-order valence-corrected chi connectivity index (χ2v) is 4.94. The van der Waals surface area contributed by atoms with Gasteiger partial charge in [-0.3, -0.25) is 0 Å². The van der Waals surface area contributed by atoms with Crippen molar-refractivity contribution in [3.05, 3.63) is 11.7 Å². The summed E-state index contributed by atoms with van der Waals surface area (Å²) in [6.07, 6.45) is 0.817. The van der Waals surface area contributed by atoms with E-state index in [2.05, 4.69) is 34.0 Å². The van der Waals surface area contributed by atoms with E-state index in [1.165, 1.54) is 0 Å². The average molecular weight is 239 g/mol. The van der Waals surface area contributed by atoms with Crippen LogP contribution in [0.5, 0.6) is 0 Å². The van der Waals surface area contributed by atoms with Gasteiger partial charge in [-0.05, 0) is 21.0 Å². The Morgan fingerprint density at radius 3 is 2.88 bits per heavy atom. The predicted octanol–water partition coefficient (Wildman–Crippen LogP) is -0.122. The molecule has 0 amide bonds. The number of aromatic nitrogens is 2. The van der Waals surface area contributed by atoms with E-state index in [-0.39, 0.29) is 6.04 Å².